The van der Waals surface area contributed by atoms with Crippen LogP contribution >= 0.6 is 11.3 Å². The molecule has 1 aliphatic rings. The van der Waals surface area contributed by atoms with Gasteiger partial charge in [-0.15, -0.1) is 11.3 Å². The molecule has 1 N–H and O–H groups in total. The Kier molecular flexibility index (Phi) is 7.40. The molecule has 1 saturated carbocycles. The van der Waals surface area contributed by atoms with E-state index in [1.165, 1.54) is 6.07 Å². The van der Waals surface area contributed by atoms with Crippen LogP contribution in [-0.2, 0) is 15.8 Å². The molecular formula is C22H22F6N2O2S. The van der Waals surface area contributed by atoms with Crippen LogP contribution in [-0.4, -0.2) is 24.0 Å². The molecule has 3 rings (SSSR count). The molecule has 0 radical (unpaired) electrons. The van der Waals surface area contributed by atoms with Gasteiger partial charge in [0.15, 0.2) is 6.04 Å². The normalized spacial score (nSPS) is 16.3. The van der Waals surface area contributed by atoms with Crippen LogP contribution < -0.4 is 10.2 Å². The van der Waals surface area contributed by atoms with Crippen molar-refractivity contribution in [3.63, 3.8) is 0 Å². The fraction of sp³-hybridized carbons (Fsp3) is 0.455. The van der Waals surface area contributed by atoms with E-state index in [2.05, 4.69) is 5.32 Å². The summed E-state index contributed by atoms with van der Waals surface area (Å²) in [7, 11) is 0. The first-order chi connectivity index (χ1) is 15.4. The van der Waals surface area contributed by atoms with Gasteiger partial charge in [0.05, 0.1) is 5.56 Å². The summed E-state index contributed by atoms with van der Waals surface area (Å²) in [5, 5.41) is 2.71. The third-order valence-electron chi connectivity index (χ3n) is 5.40. The Labute approximate surface area is 190 Å². The number of carbonyl (C=O) groups excluding carboxylic acids is 2. The van der Waals surface area contributed by atoms with Crippen LogP contribution in [0.15, 0.2) is 36.4 Å². The lowest BCUT2D eigenvalue weighted by Crippen LogP contribution is -2.50. The maximum Gasteiger partial charge on any atom is 0.471 e. The lowest BCUT2D eigenvalue weighted by Gasteiger charge is -2.33. The Morgan fingerprint density at radius 1 is 1.03 bits per heavy atom. The van der Waals surface area contributed by atoms with Crippen molar-refractivity contribution in [2.24, 2.45) is 0 Å². The molecule has 1 aromatic carbocycles. The van der Waals surface area contributed by atoms with Gasteiger partial charge in [-0.25, -0.2) is 0 Å². The monoisotopic (exact) mass is 492 g/mol. The number of hydrogen-bond donors (Lipinski definition) is 1. The van der Waals surface area contributed by atoms with E-state index in [4.69, 9.17) is 0 Å². The van der Waals surface area contributed by atoms with Crippen molar-refractivity contribution in [1.82, 2.24) is 5.32 Å². The van der Waals surface area contributed by atoms with E-state index in [9.17, 15) is 35.9 Å². The zero-order chi connectivity index (χ0) is 24.4. The largest absolute Gasteiger partial charge is 0.471 e. The second-order valence-electron chi connectivity index (χ2n) is 7.92. The molecule has 1 fully saturated rings. The molecule has 1 aliphatic carbocycles. The zero-order valence-electron chi connectivity index (χ0n) is 17.6. The fourth-order valence-electron chi connectivity index (χ4n) is 3.85. The molecule has 1 heterocycles. The highest BCUT2D eigenvalue weighted by atomic mass is 32.1. The average Bonchev–Trinajstić information content (AvgIpc) is 3.16. The van der Waals surface area contributed by atoms with Gasteiger partial charge in [-0.2, -0.15) is 26.3 Å². The second-order valence-corrected chi connectivity index (χ2v) is 9.23. The molecule has 2 amide bonds. The molecular weight excluding hydrogens is 470 g/mol. The summed E-state index contributed by atoms with van der Waals surface area (Å²) in [4.78, 5) is 26.7. The highest BCUT2D eigenvalue weighted by Crippen LogP contribution is 2.38. The highest BCUT2D eigenvalue weighted by molar-refractivity contribution is 7.12. The molecule has 0 spiro atoms. The van der Waals surface area contributed by atoms with Crippen LogP contribution in [0.25, 0.3) is 0 Å². The number of benzene rings is 1. The van der Waals surface area contributed by atoms with Crippen LogP contribution in [0.1, 0.15) is 53.5 Å². The van der Waals surface area contributed by atoms with Gasteiger partial charge in [0.1, 0.15) is 0 Å². The molecule has 180 valence electrons. The lowest BCUT2D eigenvalue weighted by molar-refractivity contribution is -0.171. The number of nitrogens with zero attached hydrogens (tertiary/aromatic N) is 1. The maximum absolute atomic E-state index is 13.6. The summed E-state index contributed by atoms with van der Waals surface area (Å²) in [5.74, 6) is -3.28. The van der Waals surface area contributed by atoms with Gasteiger partial charge in [0.2, 0.25) is 5.91 Å². The van der Waals surface area contributed by atoms with E-state index in [0.717, 1.165) is 42.7 Å². The van der Waals surface area contributed by atoms with Gasteiger partial charge in [0, 0.05) is 21.5 Å². The number of nitrogens with one attached hydrogen (secondary N) is 1. The molecule has 0 bridgehead atoms. The number of anilines is 1. The van der Waals surface area contributed by atoms with Gasteiger partial charge >= 0.3 is 18.3 Å². The van der Waals surface area contributed by atoms with Gasteiger partial charge in [-0.3, -0.25) is 14.5 Å². The van der Waals surface area contributed by atoms with E-state index in [1.54, 1.807) is 13.0 Å². The van der Waals surface area contributed by atoms with Gasteiger partial charge in [-0.1, -0.05) is 25.3 Å². The van der Waals surface area contributed by atoms with Crippen molar-refractivity contribution in [2.75, 3.05) is 4.90 Å². The first-order valence-corrected chi connectivity index (χ1v) is 11.1. The van der Waals surface area contributed by atoms with Crippen molar-refractivity contribution < 1.29 is 35.9 Å². The Hall–Kier alpha value is -2.56. The van der Waals surface area contributed by atoms with Crippen LogP contribution in [0.3, 0.4) is 0 Å². The van der Waals surface area contributed by atoms with Gasteiger partial charge in [-0.05, 0) is 50.1 Å². The number of amides is 2. The lowest BCUT2D eigenvalue weighted by atomic mass is 9.95. The molecule has 0 saturated heterocycles. The topological polar surface area (TPSA) is 49.4 Å². The summed E-state index contributed by atoms with van der Waals surface area (Å²) < 4.78 is 80.5. The van der Waals surface area contributed by atoms with E-state index < -0.39 is 41.5 Å². The summed E-state index contributed by atoms with van der Waals surface area (Å²) in [6, 6.07) is 3.93. The Morgan fingerprint density at radius 2 is 1.70 bits per heavy atom. The molecule has 2 aromatic rings. The summed E-state index contributed by atoms with van der Waals surface area (Å²) >= 11 is 1.00. The number of thiophene rings is 1. The third-order valence-corrected chi connectivity index (χ3v) is 6.45. The Bertz CT molecular complexity index is 995. The third kappa shape index (κ3) is 6.07. The SMILES string of the molecule is Cc1ccc(C(C(=O)NC2CCCCC2)N(C(=O)C(F)(F)F)c2cccc(C(F)(F)F)c2)s1. The fourth-order valence-corrected chi connectivity index (χ4v) is 4.82. The van der Waals surface area contributed by atoms with Crippen molar-refractivity contribution in [1.29, 1.82) is 0 Å². The Morgan fingerprint density at radius 3 is 2.24 bits per heavy atom. The number of rotatable bonds is 5. The van der Waals surface area contributed by atoms with E-state index in [1.807, 2.05) is 0 Å². The van der Waals surface area contributed by atoms with Crippen LogP contribution in [0, 0.1) is 6.92 Å². The molecule has 33 heavy (non-hydrogen) atoms. The Balaban J connectivity index is 2.11. The van der Waals surface area contributed by atoms with E-state index >= 15 is 0 Å². The number of hydrogen-bond acceptors (Lipinski definition) is 3. The minimum absolute atomic E-state index is 0.121. The van der Waals surface area contributed by atoms with E-state index in [-0.39, 0.29) is 15.8 Å². The quantitative estimate of drug-likeness (QED) is 0.508. The smallest absolute Gasteiger partial charge is 0.351 e. The predicted octanol–water partition coefficient (Wildman–Crippen LogP) is 6.16. The van der Waals surface area contributed by atoms with Crippen molar-refractivity contribution in [3.8, 4) is 0 Å². The van der Waals surface area contributed by atoms with Crippen molar-refractivity contribution in [3.05, 3.63) is 51.7 Å². The summed E-state index contributed by atoms with van der Waals surface area (Å²) in [6.45, 7) is 1.67. The van der Waals surface area contributed by atoms with Gasteiger partial charge < -0.3 is 5.32 Å². The first-order valence-electron chi connectivity index (χ1n) is 10.3. The second kappa shape index (κ2) is 9.74. The average molecular weight is 492 g/mol. The van der Waals surface area contributed by atoms with Crippen molar-refractivity contribution >= 4 is 28.8 Å². The molecule has 0 aliphatic heterocycles. The minimum Gasteiger partial charge on any atom is -0.351 e. The molecule has 1 unspecified atom stereocenters. The maximum atomic E-state index is 13.6. The van der Waals surface area contributed by atoms with Gasteiger partial charge in [0.25, 0.3) is 0 Å². The minimum atomic E-state index is -5.41. The molecule has 4 nitrogen and oxygen atoms in total. The van der Waals surface area contributed by atoms with Crippen molar-refractivity contribution in [2.45, 2.75) is 63.5 Å². The van der Waals surface area contributed by atoms with E-state index in [0.29, 0.717) is 29.9 Å². The van der Waals surface area contributed by atoms with Crippen LogP contribution in [0.2, 0.25) is 0 Å². The number of aryl methyl sites for hydroxylation is 1. The number of halogens is 6. The van der Waals surface area contributed by atoms with Crippen LogP contribution in [0.4, 0.5) is 32.0 Å². The summed E-state index contributed by atoms with van der Waals surface area (Å²) in [5.41, 5.74) is -1.89. The first kappa shape index (κ1) is 25.1. The standard InChI is InChI=1S/C22H22F6N2O2S/c1-13-10-11-17(33-13)18(19(31)29-15-7-3-2-4-8-15)30(20(32)22(26,27)28)16-9-5-6-14(12-16)21(23,24)25/h5-6,9-12,15,18H,2-4,7-8H2,1H3,(H,29,31). The summed E-state index contributed by atoms with van der Waals surface area (Å²) in [6.07, 6.45) is -6.33. The molecule has 11 heteroatoms. The predicted molar refractivity (Wildman–Crippen MR) is 112 cm³/mol. The highest BCUT2D eigenvalue weighted by Gasteiger charge is 2.48. The molecule has 1 atom stereocenters. The zero-order valence-corrected chi connectivity index (χ0v) is 18.4. The van der Waals surface area contributed by atoms with Crippen LogP contribution in [0.5, 0.6) is 0 Å². The number of carbonyl (C=O) groups is 2. The molecule has 1 aromatic heterocycles. The number of alkyl halides is 6.